The highest BCUT2D eigenvalue weighted by Gasteiger charge is 2.21. The Labute approximate surface area is 177 Å². The summed E-state index contributed by atoms with van der Waals surface area (Å²) in [4.78, 5) is 12.9. The monoisotopic (exact) mass is 426 g/mol. The zero-order chi connectivity index (χ0) is 21.7. The molecule has 0 saturated heterocycles. The largest absolute Gasteiger partial charge is 0.351 e. The fraction of sp³-hybridized carbons (Fsp3) is 0.273. The van der Waals surface area contributed by atoms with Crippen molar-refractivity contribution in [2.24, 2.45) is 0 Å². The van der Waals surface area contributed by atoms with Crippen molar-refractivity contribution < 1.29 is 13.2 Å². The third-order valence-corrected chi connectivity index (χ3v) is 6.11. The van der Waals surface area contributed by atoms with E-state index in [1.165, 1.54) is 12.1 Å². The molecule has 0 aliphatic carbocycles. The number of aryl methyl sites for hydroxylation is 1. The van der Waals surface area contributed by atoms with Crippen LogP contribution in [0.4, 0.5) is 0 Å². The van der Waals surface area contributed by atoms with E-state index >= 15 is 0 Å². The van der Waals surface area contributed by atoms with E-state index in [0.29, 0.717) is 5.56 Å². The van der Waals surface area contributed by atoms with Gasteiger partial charge in [0.15, 0.2) is 0 Å². The van der Waals surface area contributed by atoms with Crippen molar-refractivity contribution in [1.82, 2.24) is 19.8 Å². The van der Waals surface area contributed by atoms with Gasteiger partial charge in [-0.25, -0.2) is 17.8 Å². The third-order valence-electron chi connectivity index (χ3n) is 4.63. The van der Waals surface area contributed by atoms with Gasteiger partial charge in [0.05, 0.1) is 28.0 Å². The van der Waals surface area contributed by atoms with Gasteiger partial charge in [-0.05, 0) is 37.1 Å². The predicted molar refractivity (Wildman–Crippen MR) is 116 cm³/mol. The minimum Gasteiger partial charge on any atom is -0.351 e. The Kier molecular flexibility index (Phi) is 6.69. The van der Waals surface area contributed by atoms with E-state index in [1.807, 2.05) is 45.0 Å². The van der Waals surface area contributed by atoms with Crippen LogP contribution in [0, 0.1) is 6.92 Å². The van der Waals surface area contributed by atoms with E-state index in [-0.39, 0.29) is 29.8 Å². The Morgan fingerprint density at radius 3 is 2.33 bits per heavy atom. The molecule has 7 nitrogen and oxygen atoms in total. The van der Waals surface area contributed by atoms with Gasteiger partial charge in [0.1, 0.15) is 0 Å². The van der Waals surface area contributed by atoms with E-state index < -0.39 is 10.0 Å². The van der Waals surface area contributed by atoms with Crippen LogP contribution in [-0.4, -0.2) is 37.2 Å². The number of benzene rings is 2. The highest BCUT2D eigenvalue weighted by Crippen LogP contribution is 2.23. The minimum atomic E-state index is -3.60. The quantitative estimate of drug-likeness (QED) is 0.542. The second-order valence-corrected chi connectivity index (χ2v) is 9.08. The minimum absolute atomic E-state index is 0.0751. The van der Waals surface area contributed by atoms with Crippen molar-refractivity contribution in [3.63, 3.8) is 0 Å². The summed E-state index contributed by atoms with van der Waals surface area (Å²) in [6, 6.07) is 16.1. The van der Waals surface area contributed by atoms with Gasteiger partial charge in [-0.15, -0.1) is 0 Å². The zero-order valence-corrected chi connectivity index (χ0v) is 18.1. The van der Waals surface area contributed by atoms with Crippen molar-refractivity contribution in [2.45, 2.75) is 31.6 Å². The number of rotatable bonds is 8. The summed E-state index contributed by atoms with van der Waals surface area (Å²) in [6.07, 6.45) is 1.55. The van der Waals surface area contributed by atoms with E-state index in [2.05, 4.69) is 15.1 Å². The lowest BCUT2D eigenvalue weighted by Crippen LogP contribution is -2.35. The number of carbonyl (C=O) groups excluding carboxylic acids is 1. The number of nitrogens with one attached hydrogen (secondary N) is 2. The van der Waals surface area contributed by atoms with Crippen molar-refractivity contribution in [1.29, 1.82) is 0 Å². The number of aromatic nitrogens is 2. The second kappa shape index (κ2) is 9.23. The molecule has 0 bridgehead atoms. The van der Waals surface area contributed by atoms with Gasteiger partial charge in [-0.2, -0.15) is 5.10 Å². The number of nitrogens with zero attached hydrogens (tertiary/aromatic N) is 2. The van der Waals surface area contributed by atoms with Gasteiger partial charge >= 0.3 is 0 Å². The van der Waals surface area contributed by atoms with Crippen LogP contribution in [0.5, 0.6) is 0 Å². The summed E-state index contributed by atoms with van der Waals surface area (Å²) in [5, 5.41) is 7.18. The smallest absolute Gasteiger partial charge is 0.254 e. The number of carbonyl (C=O) groups is 1. The van der Waals surface area contributed by atoms with Crippen molar-refractivity contribution in [3.05, 3.63) is 77.6 Å². The van der Waals surface area contributed by atoms with E-state index in [9.17, 15) is 13.2 Å². The lowest BCUT2D eigenvalue weighted by Gasteiger charge is -2.13. The van der Waals surface area contributed by atoms with Crippen LogP contribution in [0.15, 0.2) is 65.7 Å². The molecule has 0 fully saturated rings. The first-order chi connectivity index (χ1) is 14.3. The Balaban J connectivity index is 1.66. The van der Waals surface area contributed by atoms with Gasteiger partial charge in [0.2, 0.25) is 10.0 Å². The SMILES string of the molecule is Cc1ccc(-n2ncc(C(=O)NCCNS(=O)(=O)c3ccccc3)c2C(C)C)cc1. The summed E-state index contributed by atoms with van der Waals surface area (Å²) in [5.74, 6) is -0.206. The molecule has 0 radical (unpaired) electrons. The number of hydrogen-bond donors (Lipinski definition) is 2. The van der Waals surface area contributed by atoms with Crippen LogP contribution in [0.1, 0.15) is 41.4 Å². The van der Waals surface area contributed by atoms with Crippen molar-refractivity contribution in [3.8, 4) is 5.69 Å². The van der Waals surface area contributed by atoms with Crippen LogP contribution < -0.4 is 10.0 Å². The van der Waals surface area contributed by atoms with Crippen molar-refractivity contribution >= 4 is 15.9 Å². The third kappa shape index (κ3) is 4.95. The topological polar surface area (TPSA) is 93.1 Å². The molecule has 8 heteroatoms. The number of hydrogen-bond acceptors (Lipinski definition) is 4. The molecule has 2 N–H and O–H groups in total. The average molecular weight is 427 g/mol. The lowest BCUT2D eigenvalue weighted by molar-refractivity contribution is 0.0953. The normalized spacial score (nSPS) is 11.6. The molecule has 158 valence electrons. The van der Waals surface area contributed by atoms with E-state index in [1.54, 1.807) is 29.1 Å². The Morgan fingerprint density at radius 2 is 1.70 bits per heavy atom. The van der Waals surface area contributed by atoms with Gasteiger partial charge in [-0.3, -0.25) is 4.79 Å². The number of amides is 1. The molecule has 1 amide bonds. The van der Waals surface area contributed by atoms with Crippen LogP contribution >= 0.6 is 0 Å². The molecule has 3 aromatic rings. The first-order valence-corrected chi connectivity index (χ1v) is 11.3. The molecular weight excluding hydrogens is 400 g/mol. The van der Waals surface area contributed by atoms with Crippen LogP contribution in [0.3, 0.4) is 0 Å². The molecule has 0 atom stereocenters. The van der Waals surface area contributed by atoms with Gasteiger partial charge in [-0.1, -0.05) is 49.7 Å². The molecule has 2 aromatic carbocycles. The Bertz CT molecular complexity index is 1110. The first-order valence-electron chi connectivity index (χ1n) is 9.77. The Hall–Kier alpha value is -2.97. The van der Waals surface area contributed by atoms with Crippen LogP contribution in [0.25, 0.3) is 5.69 Å². The van der Waals surface area contributed by atoms with Gasteiger partial charge in [0, 0.05) is 13.1 Å². The Morgan fingerprint density at radius 1 is 1.03 bits per heavy atom. The molecule has 0 aliphatic heterocycles. The predicted octanol–water partition coefficient (Wildman–Crippen LogP) is 3.01. The molecule has 0 spiro atoms. The van der Waals surface area contributed by atoms with Crippen molar-refractivity contribution in [2.75, 3.05) is 13.1 Å². The zero-order valence-electron chi connectivity index (χ0n) is 17.3. The maximum Gasteiger partial charge on any atom is 0.254 e. The van der Waals surface area contributed by atoms with Gasteiger partial charge in [0.25, 0.3) is 5.91 Å². The average Bonchev–Trinajstić information content (AvgIpc) is 3.18. The maximum atomic E-state index is 12.7. The lowest BCUT2D eigenvalue weighted by atomic mass is 10.0. The summed E-state index contributed by atoms with van der Waals surface area (Å²) in [7, 11) is -3.60. The molecular formula is C22H26N4O3S. The van der Waals surface area contributed by atoms with E-state index in [0.717, 1.165) is 16.9 Å². The number of sulfonamides is 1. The van der Waals surface area contributed by atoms with E-state index in [4.69, 9.17) is 0 Å². The summed E-state index contributed by atoms with van der Waals surface area (Å²) < 4.78 is 28.7. The highest BCUT2D eigenvalue weighted by molar-refractivity contribution is 7.89. The summed E-state index contributed by atoms with van der Waals surface area (Å²) in [6.45, 7) is 6.28. The molecule has 1 aromatic heterocycles. The van der Waals surface area contributed by atoms with Crippen LogP contribution in [-0.2, 0) is 10.0 Å². The van der Waals surface area contributed by atoms with Crippen LogP contribution in [0.2, 0.25) is 0 Å². The fourth-order valence-corrected chi connectivity index (χ4v) is 4.17. The standard InChI is InChI=1S/C22H26N4O3S/c1-16(2)21-20(15-24-26(21)18-11-9-17(3)10-12-18)22(27)23-13-14-25-30(28,29)19-7-5-4-6-8-19/h4-12,15-16,25H,13-14H2,1-3H3,(H,23,27). The fourth-order valence-electron chi connectivity index (χ4n) is 3.12. The molecule has 0 aliphatic rings. The second-order valence-electron chi connectivity index (χ2n) is 7.31. The molecule has 0 unspecified atom stereocenters. The molecule has 30 heavy (non-hydrogen) atoms. The van der Waals surface area contributed by atoms with Gasteiger partial charge < -0.3 is 5.32 Å². The molecule has 0 saturated carbocycles. The first kappa shape index (κ1) is 21.7. The summed E-state index contributed by atoms with van der Waals surface area (Å²) >= 11 is 0. The summed E-state index contributed by atoms with van der Waals surface area (Å²) in [5.41, 5.74) is 3.32. The maximum absolute atomic E-state index is 12.7. The highest BCUT2D eigenvalue weighted by atomic mass is 32.2. The molecule has 3 rings (SSSR count). The molecule has 1 heterocycles.